The van der Waals surface area contributed by atoms with Crippen molar-refractivity contribution in [3.63, 3.8) is 0 Å². The Morgan fingerprint density at radius 3 is 2.61 bits per heavy atom. The average molecular weight is 273 g/mol. The van der Waals surface area contributed by atoms with Crippen LogP contribution in [0.3, 0.4) is 0 Å². The summed E-state index contributed by atoms with van der Waals surface area (Å²) in [6.07, 6.45) is 6.32. The Kier molecular flexibility index (Phi) is 7.39. The Bertz CT molecular complexity index is 362. The summed E-state index contributed by atoms with van der Waals surface area (Å²) < 4.78 is 5.10. The van der Waals surface area contributed by atoms with E-state index < -0.39 is 0 Å². The number of carbonyl (C=O) groups excluding carboxylic acids is 1. The van der Waals surface area contributed by atoms with Gasteiger partial charge in [-0.2, -0.15) is 0 Å². The highest BCUT2D eigenvalue weighted by atomic mass is 35.5. The average Bonchev–Trinajstić information content (AvgIpc) is 2.87. The summed E-state index contributed by atoms with van der Waals surface area (Å²) in [6, 6.07) is 3.57. The molecule has 1 heterocycles. The van der Waals surface area contributed by atoms with E-state index >= 15 is 0 Å². The molecule has 0 aromatic carbocycles. The van der Waals surface area contributed by atoms with E-state index in [1.165, 1.54) is 6.08 Å². The van der Waals surface area contributed by atoms with E-state index in [-0.39, 0.29) is 23.9 Å². The summed E-state index contributed by atoms with van der Waals surface area (Å²) >= 11 is 0. The highest BCUT2D eigenvalue weighted by Gasteiger charge is 2.25. The van der Waals surface area contributed by atoms with Crippen LogP contribution < -0.4 is 11.1 Å². The lowest BCUT2D eigenvalue weighted by molar-refractivity contribution is -0.118. The fourth-order valence-electron chi connectivity index (χ4n) is 1.61. The van der Waals surface area contributed by atoms with Crippen LogP contribution in [-0.4, -0.2) is 18.0 Å². The number of rotatable bonds is 6. The lowest BCUT2D eigenvalue weighted by Gasteiger charge is -2.30. The first-order chi connectivity index (χ1) is 8.15. The van der Waals surface area contributed by atoms with Gasteiger partial charge in [0.05, 0.1) is 11.8 Å². The van der Waals surface area contributed by atoms with E-state index in [1.807, 2.05) is 13.8 Å². The molecule has 5 heteroatoms. The van der Waals surface area contributed by atoms with Crippen molar-refractivity contribution >= 4 is 24.4 Å². The van der Waals surface area contributed by atoms with Crippen molar-refractivity contribution in [1.29, 1.82) is 0 Å². The van der Waals surface area contributed by atoms with Crippen LogP contribution in [0.1, 0.15) is 32.4 Å². The molecule has 1 rings (SSSR count). The van der Waals surface area contributed by atoms with Gasteiger partial charge in [0.25, 0.3) is 0 Å². The summed E-state index contributed by atoms with van der Waals surface area (Å²) in [7, 11) is 0. The van der Waals surface area contributed by atoms with Crippen molar-refractivity contribution in [3.05, 3.63) is 30.2 Å². The third-order valence-corrected chi connectivity index (χ3v) is 3.07. The van der Waals surface area contributed by atoms with E-state index in [0.29, 0.717) is 12.3 Å². The number of halogens is 1. The van der Waals surface area contributed by atoms with E-state index in [0.717, 1.165) is 12.8 Å². The highest BCUT2D eigenvalue weighted by molar-refractivity contribution is 5.91. The molecule has 0 radical (unpaired) electrons. The molecule has 0 unspecified atom stereocenters. The standard InChI is InChI=1S/C13H20N2O2.ClH/c1-3-13(4-2,10-14)15-12(16)8-7-11-6-5-9-17-11;/h5-9H,3-4,10,14H2,1-2H3,(H,15,16);1H/b8-7+;. The topological polar surface area (TPSA) is 68.3 Å². The van der Waals surface area contributed by atoms with Gasteiger partial charge in [0.2, 0.25) is 5.91 Å². The van der Waals surface area contributed by atoms with Crippen molar-refractivity contribution in [2.24, 2.45) is 5.73 Å². The van der Waals surface area contributed by atoms with E-state index in [2.05, 4.69) is 5.32 Å². The summed E-state index contributed by atoms with van der Waals surface area (Å²) in [5.74, 6) is 0.516. The first-order valence-corrected chi connectivity index (χ1v) is 5.89. The fourth-order valence-corrected chi connectivity index (χ4v) is 1.61. The van der Waals surface area contributed by atoms with Crippen LogP contribution in [0.2, 0.25) is 0 Å². The van der Waals surface area contributed by atoms with Gasteiger partial charge in [-0.1, -0.05) is 13.8 Å². The van der Waals surface area contributed by atoms with Gasteiger partial charge in [0, 0.05) is 12.6 Å². The van der Waals surface area contributed by atoms with Gasteiger partial charge in [0.1, 0.15) is 5.76 Å². The number of nitrogens with one attached hydrogen (secondary N) is 1. The molecule has 0 saturated carbocycles. The van der Waals surface area contributed by atoms with Gasteiger partial charge in [-0.25, -0.2) is 0 Å². The predicted octanol–water partition coefficient (Wildman–Crippen LogP) is 2.35. The zero-order valence-corrected chi connectivity index (χ0v) is 11.6. The third kappa shape index (κ3) is 4.55. The number of furan rings is 1. The molecular formula is C13H21ClN2O2. The molecule has 1 aromatic heterocycles. The molecule has 0 aliphatic heterocycles. The second kappa shape index (κ2) is 7.95. The van der Waals surface area contributed by atoms with Crippen molar-refractivity contribution in [3.8, 4) is 0 Å². The number of amides is 1. The summed E-state index contributed by atoms with van der Waals surface area (Å²) in [5, 5.41) is 2.95. The maximum Gasteiger partial charge on any atom is 0.244 e. The smallest absolute Gasteiger partial charge is 0.244 e. The highest BCUT2D eigenvalue weighted by Crippen LogP contribution is 2.13. The van der Waals surface area contributed by atoms with E-state index in [9.17, 15) is 4.79 Å². The van der Waals surface area contributed by atoms with E-state index in [4.69, 9.17) is 10.2 Å². The number of nitrogens with two attached hydrogens (primary N) is 1. The second-order valence-electron chi connectivity index (χ2n) is 4.03. The Labute approximate surface area is 114 Å². The van der Waals surface area contributed by atoms with Gasteiger partial charge in [-0.15, -0.1) is 12.4 Å². The Morgan fingerprint density at radius 2 is 2.17 bits per heavy atom. The molecule has 1 aromatic rings. The van der Waals surface area contributed by atoms with Gasteiger partial charge < -0.3 is 15.5 Å². The van der Waals surface area contributed by atoms with Crippen LogP contribution in [0, 0.1) is 0 Å². The summed E-state index contributed by atoms with van der Waals surface area (Å²) in [5.41, 5.74) is 5.41. The van der Waals surface area contributed by atoms with Gasteiger partial charge in [-0.3, -0.25) is 4.79 Å². The second-order valence-corrected chi connectivity index (χ2v) is 4.03. The molecule has 0 spiro atoms. The molecule has 18 heavy (non-hydrogen) atoms. The first-order valence-electron chi connectivity index (χ1n) is 5.89. The molecule has 102 valence electrons. The first kappa shape index (κ1) is 16.7. The molecule has 0 fully saturated rings. The normalized spacial score (nSPS) is 11.3. The van der Waals surface area contributed by atoms with Crippen molar-refractivity contribution in [2.45, 2.75) is 32.2 Å². The zero-order chi connectivity index (χ0) is 12.7. The van der Waals surface area contributed by atoms with Crippen LogP contribution in [0.5, 0.6) is 0 Å². The minimum atomic E-state index is -0.301. The Hall–Kier alpha value is -1.26. The minimum Gasteiger partial charge on any atom is -0.465 e. The number of hydrogen-bond acceptors (Lipinski definition) is 3. The van der Waals surface area contributed by atoms with Gasteiger partial charge >= 0.3 is 0 Å². The molecule has 0 atom stereocenters. The van der Waals surface area contributed by atoms with Crippen molar-refractivity contribution < 1.29 is 9.21 Å². The van der Waals surface area contributed by atoms with Crippen molar-refractivity contribution in [1.82, 2.24) is 5.32 Å². The van der Waals surface area contributed by atoms with Gasteiger partial charge in [0.15, 0.2) is 0 Å². The lowest BCUT2D eigenvalue weighted by Crippen LogP contribution is -2.52. The minimum absolute atomic E-state index is 0. The Morgan fingerprint density at radius 1 is 1.50 bits per heavy atom. The van der Waals surface area contributed by atoms with Crippen LogP contribution in [0.25, 0.3) is 6.08 Å². The van der Waals surface area contributed by atoms with Crippen LogP contribution in [-0.2, 0) is 4.79 Å². The maximum absolute atomic E-state index is 11.7. The summed E-state index contributed by atoms with van der Waals surface area (Å²) in [4.78, 5) is 11.7. The Balaban J connectivity index is 0.00000289. The molecule has 0 aliphatic carbocycles. The predicted molar refractivity (Wildman–Crippen MR) is 75.5 cm³/mol. The summed E-state index contributed by atoms with van der Waals surface area (Å²) in [6.45, 7) is 4.49. The largest absolute Gasteiger partial charge is 0.465 e. The van der Waals surface area contributed by atoms with Crippen molar-refractivity contribution in [2.75, 3.05) is 6.54 Å². The van der Waals surface area contributed by atoms with Crippen LogP contribution in [0.4, 0.5) is 0 Å². The van der Waals surface area contributed by atoms with Crippen LogP contribution >= 0.6 is 12.4 Å². The zero-order valence-electron chi connectivity index (χ0n) is 10.8. The molecule has 0 aliphatic rings. The van der Waals surface area contributed by atoms with Crippen LogP contribution in [0.15, 0.2) is 28.9 Å². The molecule has 0 bridgehead atoms. The molecule has 4 nitrogen and oxygen atoms in total. The molecular weight excluding hydrogens is 252 g/mol. The molecule has 0 saturated heterocycles. The quantitative estimate of drug-likeness (QED) is 0.781. The SMILES string of the molecule is CCC(CC)(CN)NC(=O)/C=C/c1ccco1.Cl. The number of carbonyl (C=O) groups is 1. The van der Waals surface area contributed by atoms with E-state index in [1.54, 1.807) is 24.5 Å². The molecule has 3 N–H and O–H groups in total. The van der Waals surface area contributed by atoms with Gasteiger partial charge in [-0.05, 0) is 31.1 Å². The number of hydrogen-bond donors (Lipinski definition) is 2. The fraction of sp³-hybridized carbons (Fsp3) is 0.462. The molecule has 1 amide bonds. The third-order valence-electron chi connectivity index (χ3n) is 3.07. The monoisotopic (exact) mass is 272 g/mol. The lowest BCUT2D eigenvalue weighted by atomic mass is 9.93. The maximum atomic E-state index is 11.7.